The van der Waals surface area contributed by atoms with Crippen molar-refractivity contribution in [3.63, 3.8) is 0 Å². The molecular formula is C19H24BN4O4. The summed E-state index contributed by atoms with van der Waals surface area (Å²) in [6, 6.07) is 9.01. The number of nitrogens with one attached hydrogen (secondary N) is 1. The molecule has 28 heavy (non-hydrogen) atoms. The third-order valence-corrected chi connectivity index (χ3v) is 5.68. The van der Waals surface area contributed by atoms with Gasteiger partial charge in [-0.3, -0.25) is 9.63 Å². The predicted octanol–water partition coefficient (Wildman–Crippen LogP) is 0.387. The average Bonchev–Trinajstić information content (AvgIpc) is 3.24. The van der Waals surface area contributed by atoms with Crippen LogP contribution in [0, 0.1) is 0 Å². The summed E-state index contributed by atoms with van der Waals surface area (Å²) in [6.45, 7) is 2.22. The van der Waals surface area contributed by atoms with Crippen LogP contribution in [0.3, 0.4) is 0 Å². The predicted molar refractivity (Wildman–Crippen MR) is 103 cm³/mol. The van der Waals surface area contributed by atoms with Crippen molar-refractivity contribution in [1.29, 1.82) is 0 Å². The number of piperidine rings is 1. The Kier molecular flexibility index (Phi) is 5.63. The van der Waals surface area contributed by atoms with E-state index in [0.29, 0.717) is 26.1 Å². The molecule has 0 spiro atoms. The first-order chi connectivity index (χ1) is 13.7. The summed E-state index contributed by atoms with van der Waals surface area (Å²) in [5.41, 5.74) is 0.999. The molecule has 8 nitrogen and oxygen atoms in total. The smallest absolute Gasteiger partial charge is 0.345 e. The molecule has 3 aliphatic heterocycles. The normalized spacial score (nSPS) is 27.1. The molecule has 3 aliphatic rings. The topological polar surface area (TPSA) is 82.2 Å². The molecule has 3 amide bonds. The summed E-state index contributed by atoms with van der Waals surface area (Å²) in [4.78, 5) is 45.5. The van der Waals surface area contributed by atoms with Crippen molar-refractivity contribution in [3.8, 4) is 0 Å². The van der Waals surface area contributed by atoms with Gasteiger partial charge in [-0.15, -0.1) is 0 Å². The average molecular weight is 383 g/mol. The fourth-order valence-electron chi connectivity index (χ4n) is 4.21. The summed E-state index contributed by atoms with van der Waals surface area (Å²) >= 11 is 0. The van der Waals surface area contributed by atoms with Crippen molar-refractivity contribution in [2.75, 3.05) is 19.6 Å². The number of hydrogen-bond acceptors (Lipinski definition) is 5. The highest BCUT2D eigenvalue weighted by atomic mass is 16.7. The van der Waals surface area contributed by atoms with Gasteiger partial charge in [0.2, 0.25) is 5.91 Å². The first-order valence-corrected chi connectivity index (χ1v) is 9.75. The molecule has 3 atom stereocenters. The number of fused-ring (bicyclic) bond motifs is 2. The third kappa shape index (κ3) is 3.90. The van der Waals surface area contributed by atoms with Crippen LogP contribution < -0.4 is 5.32 Å². The summed E-state index contributed by atoms with van der Waals surface area (Å²) in [5.74, 6) is -0.116. The second-order valence-corrected chi connectivity index (χ2v) is 7.54. The van der Waals surface area contributed by atoms with Crippen molar-refractivity contribution in [2.45, 2.75) is 44.0 Å². The van der Waals surface area contributed by atoms with Crippen LogP contribution in [0.2, 0.25) is 0 Å². The molecule has 3 heterocycles. The van der Waals surface area contributed by atoms with Crippen LogP contribution in [-0.4, -0.2) is 78.1 Å². The van der Waals surface area contributed by atoms with Gasteiger partial charge >= 0.3 is 6.03 Å². The number of carbonyl (C=O) groups is 3. The van der Waals surface area contributed by atoms with Crippen molar-refractivity contribution in [3.05, 3.63) is 35.9 Å². The van der Waals surface area contributed by atoms with Gasteiger partial charge in [-0.05, 0) is 31.4 Å². The molecule has 1 aromatic rings. The second-order valence-electron chi connectivity index (χ2n) is 7.54. The number of hydroxylamine groups is 2. The van der Waals surface area contributed by atoms with E-state index in [0.717, 1.165) is 31.1 Å². The monoisotopic (exact) mass is 383 g/mol. The third-order valence-electron chi connectivity index (χ3n) is 5.68. The van der Waals surface area contributed by atoms with E-state index in [1.54, 1.807) is 4.90 Å². The van der Waals surface area contributed by atoms with Crippen molar-refractivity contribution < 1.29 is 19.2 Å². The van der Waals surface area contributed by atoms with E-state index in [2.05, 4.69) is 5.32 Å². The van der Waals surface area contributed by atoms with Gasteiger partial charge in [0.15, 0.2) is 0 Å². The molecule has 0 saturated carbocycles. The second kappa shape index (κ2) is 8.32. The molecule has 3 fully saturated rings. The number of nitrogens with zero attached hydrogens (tertiary/aromatic N) is 3. The molecular weight excluding hydrogens is 359 g/mol. The maximum atomic E-state index is 12.8. The lowest BCUT2D eigenvalue weighted by atomic mass is 9.96. The molecule has 147 valence electrons. The van der Waals surface area contributed by atoms with Crippen LogP contribution in [0.5, 0.6) is 0 Å². The quantitative estimate of drug-likeness (QED) is 0.544. The zero-order valence-electron chi connectivity index (χ0n) is 15.7. The highest BCUT2D eigenvalue weighted by Crippen LogP contribution is 2.30. The maximum Gasteiger partial charge on any atom is 0.345 e. The first kappa shape index (κ1) is 19.0. The Morgan fingerprint density at radius 1 is 1.21 bits per heavy atom. The Morgan fingerprint density at radius 2 is 2.04 bits per heavy atom. The number of rotatable bonds is 7. The van der Waals surface area contributed by atoms with Gasteiger partial charge in [0.25, 0.3) is 7.41 Å². The van der Waals surface area contributed by atoms with E-state index in [1.807, 2.05) is 35.1 Å². The van der Waals surface area contributed by atoms with Crippen molar-refractivity contribution >= 4 is 25.5 Å². The Bertz CT molecular complexity index is 734. The lowest BCUT2D eigenvalue weighted by molar-refractivity contribution is -0.140. The summed E-state index contributed by atoms with van der Waals surface area (Å²) in [5, 5.41) is 4.48. The molecule has 9 heteroatoms. The van der Waals surface area contributed by atoms with Gasteiger partial charge < -0.3 is 19.8 Å². The van der Waals surface area contributed by atoms with Gasteiger partial charge in [0.1, 0.15) is 12.6 Å². The maximum absolute atomic E-state index is 12.8. The minimum Gasteiger partial charge on any atom is -0.350 e. The zero-order chi connectivity index (χ0) is 19.5. The molecule has 1 N–H and O–H groups in total. The van der Waals surface area contributed by atoms with E-state index >= 15 is 0 Å². The standard InChI is InChI=1S/C19H24BN4O4/c25-13-20-22-9-8-15(10-22)21-18(26)17-7-6-16-11-23(17)19(27)24(16)28-12-14-4-2-1-3-5-14/h1-5,13,15-17H,6-12H2,(H,21,26)/t15-,16-,17+/m1/s1. The lowest BCUT2D eigenvalue weighted by Gasteiger charge is -2.30. The lowest BCUT2D eigenvalue weighted by Crippen LogP contribution is -2.52. The number of benzene rings is 1. The van der Waals surface area contributed by atoms with E-state index in [9.17, 15) is 14.4 Å². The minimum atomic E-state index is -0.460. The Balaban J connectivity index is 1.32. The van der Waals surface area contributed by atoms with E-state index in [1.165, 1.54) is 12.5 Å². The van der Waals surface area contributed by atoms with Gasteiger partial charge in [-0.1, -0.05) is 30.3 Å². The summed E-state index contributed by atoms with van der Waals surface area (Å²) in [7, 11) is 1.50. The zero-order valence-corrected chi connectivity index (χ0v) is 15.7. The molecule has 0 aliphatic carbocycles. The van der Waals surface area contributed by atoms with Gasteiger partial charge in [0, 0.05) is 19.1 Å². The fourth-order valence-corrected chi connectivity index (χ4v) is 4.21. The molecule has 2 bridgehead atoms. The largest absolute Gasteiger partial charge is 0.350 e. The van der Waals surface area contributed by atoms with E-state index in [4.69, 9.17) is 4.84 Å². The molecule has 3 saturated heterocycles. The number of amides is 3. The summed E-state index contributed by atoms with van der Waals surface area (Å²) in [6.07, 6.45) is 2.93. The molecule has 0 unspecified atom stereocenters. The van der Waals surface area contributed by atoms with Crippen molar-refractivity contribution in [1.82, 2.24) is 20.1 Å². The van der Waals surface area contributed by atoms with Crippen molar-refractivity contribution in [2.24, 2.45) is 0 Å². The van der Waals surface area contributed by atoms with Crippen LogP contribution in [0.1, 0.15) is 24.8 Å². The minimum absolute atomic E-state index is 0.00422. The highest BCUT2D eigenvalue weighted by molar-refractivity contribution is 6.64. The first-order valence-electron chi connectivity index (χ1n) is 9.75. The number of carbonyl (C=O) groups excluding carboxylic acids is 3. The van der Waals surface area contributed by atoms with Crippen LogP contribution in [0.15, 0.2) is 30.3 Å². The molecule has 0 aromatic heterocycles. The molecule has 1 radical (unpaired) electrons. The van der Waals surface area contributed by atoms with Gasteiger partial charge in [-0.25, -0.2) is 4.79 Å². The van der Waals surface area contributed by atoms with Crippen LogP contribution in [0.25, 0.3) is 0 Å². The van der Waals surface area contributed by atoms with Gasteiger partial charge in [0.05, 0.1) is 12.2 Å². The van der Waals surface area contributed by atoms with Gasteiger partial charge in [-0.2, -0.15) is 5.06 Å². The van der Waals surface area contributed by atoms with E-state index < -0.39 is 6.04 Å². The Labute approximate surface area is 165 Å². The molecule has 4 rings (SSSR count). The van der Waals surface area contributed by atoms with E-state index in [-0.39, 0.29) is 24.0 Å². The van der Waals surface area contributed by atoms with Crippen LogP contribution >= 0.6 is 0 Å². The number of urea groups is 1. The summed E-state index contributed by atoms with van der Waals surface area (Å²) < 4.78 is 0. The van der Waals surface area contributed by atoms with Crippen LogP contribution in [-0.2, 0) is 21.0 Å². The highest BCUT2D eigenvalue weighted by Gasteiger charge is 2.48. The van der Waals surface area contributed by atoms with Crippen LogP contribution in [0.4, 0.5) is 4.79 Å². The Hall–Kier alpha value is -2.39. The fraction of sp³-hybridized carbons (Fsp3) is 0.526. The number of hydrogen-bond donors (Lipinski definition) is 1. The SMILES string of the molecule is O=C[B]N1CC[C@@H](NC(=O)[C@@H]2CC[C@@H]3CN2C(=O)N3OCc2ccccc2)C1. The molecule has 1 aromatic carbocycles. The Morgan fingerprint density at radius 3 is 2.82 bits per heavy atom.